The zero-order valence-corrected chi connectivity index (χ0v) is 11.0. The van der Waals surface area contributed by atoms with Crippen molar-refractivity contribution in [2.24, 2.45) is 0 Å². The van der Waals surface area contributed by atoms with E-state index in [1.165, 1.54) is 0 Å². The van der Waals surface area contributed by atoms with Crippen LogP contribution in [0.25, 0.3) is 0 Å². The van der Waals surface area contributed by atoms with Crippen LogP contribution in [0, 0.1) is 0 Å². The number of aliphatic hydroxyl groups is 1. The van der Waals surface area contributed by atoms with Crippen LogP contribution in [0.3, 0.4) is 0 Å². The van der Waals surface area contributed by atoms with Crippen LogP contribution in [0.4, 0.5) is 0 Å². The molecule has 2 nitrogen and oxygen atoms in total. The maximum Gasteiger partial charge on any atom is 0.140 e. The van der Waals surface area contributed by atoms with Gasteiger partial charge >= 0.3 is 0 Å². The largest absolute Gasteiger partial charge is 1.00 e. The molecule has 13 heavy (non-hydrogen) atoms. The zero-order valence-electron chi connectivity index (χ0n) is 8.81. The maximum atomic E-state index is 9.95. The van der Waals surface area contributed by atoms with E-state index in [1.54, 1.807) is 0 Å². The van der Waals surface area contributed by atoms with Crippen LogP contribution < -0.4 is 24.0 Å². The van der Waals surface area contributed by atoms with Gasteiger partial charge in [-0.2, -0.15) is 0 Å². The molecule has 1 N–H and O–H groups in total. The molecule has 1 heterocycles. The Bertz CT molecular complexity index is 197. The fraction of sp³-hybridized carbons (Fsp3) is 0.800. The predicted molar refractivity (Wildman–Crippen MR) is 50.6 cm³/mol. The zero-order chi connectivity index (χ0) is 9.41. The summed E-state index contributed by atoms with van der Waals surface area (Å²) in [7, 11) is 0. The molecule has 0 aromatic heterocycles. The molecule has 1 rings (SSSR count). The van der Waals surface area contributed by atoms with Gasteiger partial charge in [0.25, 0.3) is 0 Å². The van der Waals surface area contributed by atoms with Crippen molar-refractivity contribution in [3.05, 3.63) is 12.3 Å². The van der Waals surface area contributed by atoms with Crippen molar-refractivity contribution in [1.29, 1.82) is 0 Å². The Morgan fingerprint density at radius 2 is 1.92 bits per heavy atom. The minimum absolute atomic E-state index is 0. The molecule has 1 unspecified atom stereocenters. The first-order chi connectivity index (χ1) is 5.48. The van der Waals surface area contributed by atoms with Gasteiger partial charge in [-0.25, -0.2) is 0 Å². The number of nitrogens with zero attached hydrogens (tertiary/aromatic N) is 1. The Labute approximate surface area is 98.2 Å². The van der Waals surface area contributed by atoms with Crippen LogP contribution in [-0.4, -0.2) is 34.8 Å². The van der Waals surface area contributed by atoms with Gasteiger partial charge < -0.3 is 29.1 Å². The first kappa shape index (κ1) is 13.4. The van der Waals surface area contributed by atoms with E-state index in [2.05, 4.69) is 20.4 Å². The Balaban J connectivity index is 0.00000144. The Kier molecular flexibility index (Phi) is 4.40. The van der Waals surface area contributed by atoms with E-state index in [1.807, 2.05) is 6.92 Å². The average molecular weight is 297 g/mol. The molecule has 0 bridgehead atoms. The summed E-state index contributed by atoms with van der Waals surface area (Å²) in [5.74, 6) is 0. The fourth-order valence-electron chi connectivity index (χ4n) is 2.14. The van der Waals surface area contributed by atoms with Crippen molar-refractivity contribution in [3.8, 4) is 0 Å². The predicted octanol–water partition coefficient (Wildman–Crippen LogP) is -1.48. The van der Waals surface area contributed by atoms with E-state index in [4.69, 9.17) is 0 Å². The molecular formula is C10H20INO. The third kappa shape index (κ3) is 2.07. The molecule has 1 atom stereocenters. The Morgan fingerprint density at radius 3 is 2.08 bits per heavy atom. The topological polar surface area (TPSA) is 20.2 Å². The van der Waals surface area contributed by atoms with E-state index < -0.39 is 5.60 Å². The van der Waals surface area contributed by atoms with Crippen molar-refractivity contribution < 1.29 is 33.6 Å². The molecule has 1 saturated heterocycles. The van der Waals surface area contributed by atoms with E-state index in [9.17, 15) is 5.11 Å². The second kappa shape index (κ2) is 4.28. The van der Waals surface area contributed by atoms with Crippen LogP contribution in [0.1, 0.15) is 27.2 Å². The number of hydrogen-bond donors (Lipinski definition) is 1. The van der Waals surface area contributed by atoms with Crippen molar-refractivity contribution in [1.82, 2.24) is 0 Å². The van der Waals surface area contributed by atoms with Gasteiger partial charge in [-0.3, -0.25) is 4.48 Å². The number of likely N-dealkylation sites (N-methyl/N-ethyl adjacent to an activating group) is 1. The van der Waals surface area contributed by atoms with E-state index in [0.29, 0.717) is 0 Å². The van der Waals surface area contributed by atoms with E-state index >= 15 is 0 Å². The first-order valence-electron chi connectivity index (χ1n) is 4.77. The molecule has 78 valence electrons. The first-order valence-corrected chi connectivity index (χ1v) is 4.77. The molecular weight excluding hydrogens is 277 g/mol. The second-order valence-electron chi connectivity index (χ2n) is 3.97. The monoisotopic (exact) mass is 297 g/mol. The van der Waals surface area contributed by atoms with Gasteiger partial charge in [0.05, 0.1) is 19.6 Å². The lowest BCUT2D eigenvalue weighted by atomic mass is 10.0. The van der Waals surface area contributed by atoms with Crippen LogP contribution in [0.15, 0.2) is 12.3 Å². The molecule has 1 fully saturated rings. The SMILES string of the molecule is C=C1C(C)(O)CC[N+]1(CC)CC.[I-]. The minimum Gasteiger partial charge on any atom is -1.00 e. The van der Waals surface area contributed by atoms with Gasteiger partial charge in [-0.15, -0.1) is 0 Å². The highest BCUT2D eigenvalue weighted by atomic mass is 127. The van der Waals surface area contributed by atoms with Crippen molar-refractivity contribution in [2.75, 3.05) is 19.6 Å². The van der Waals surface area contributed by atoms with E-state index in [-0.39, 0.29) is 24.0 Å². The van der Waals surface area contributed by atoms with Gasteiger partial charge in [-0.05, 0) is 27.4 Å². The van der Waals surface area contributed by atoms with Gasteiger partial charge in [0.15, 0.2) is 0 Å². The summed E-state index contributed by atoms with van der Waals surface area (Å²) in [5.41, 5.74) is 0.360. The molecule has 0 aromatic rings. The maximum absolute atomic E-state index is 9.95. The van der Waals surface area contributed by atoms with Crippen LogP contribution >= 0.6 is 0 Å². The standard InChI is InChI=1S/C10H20NO.HI/c1-5-11(6-2)8-7-10(4,12)9(11)3;/h12H,3,5-8H2,1-2,4H3;1H/q+1;/p-1. The molecule has 0 radical (unpaired) electrons. The Morgan fingerprint density at radius 1 is 1.46 bits per heavy atom. The molecule has 0 spiro atoms. The van der Waals surface area contributed by atoms with Crippen LogP contribution in [0.2, 0.25) is 0 Å². The number of rotatable bonds is 2. The summed E-state index contributed by atoms with van der Waals surface area (Å²) in [4.78, 5) is 0. The molecule has 0 saturated carbocycles. The number of likely N-dealkylation sites (tertiary alicyclic amines) is 1. The molecule has 0 aliphatic carbocycles. The number of quaternary nitrogens is 1. The summed E-state index contributed by atoms with van der Waals surface area (Å²) in [5, 5.41) is 9.95. The van der Waals surface area contributed by atoms with Gasteiger partial charge in [-0.1, -0.05) is 0 Å². The van der Waals surface area contributed by atoms with Crippen molar-refractivity contribution in [3.63, 3.8) is 0 Å². The fourth-order valence-corrected chi connectivity index (χ4v) is 2.14. The van der Waals surface area contributed by atoms with Gasteiger partial charge in [0.1, 0.15) is 11.3 Å². The molecule has 3 heteroatoms. The highest BCUT2D eigenvalue weighted by Crippen LogP contribution is 2.36. The summed E-state index contributed by atoms with van der Waals surface area (Å²) < 4.78 is 0.896. The van der Waals surface area contributed by atoms with Gasteiger partial charge in [0, 0.05) is 6.42 Å². The summed E-state index contributed by atoms with van der Waals surface area (Å²) in [6, 6.07) is 0. The summed E-state index contributed by atoms with van der Waals surface area (Å²) in [6.07, 6.45) is 0.855. The van der Waals surface area contributed by atoms with Crippen molar-refractivity contribution in [2.45, 2.75) is 32.8 Å². The number of halogens is 1. The quantitative estimate of drug-likeness (QED) is 0.487. The third-order valence-corrected chi connectivity index (χ3v) is 3.43. The Hall–Kier alpha value is 0.390. The van der Waals surface area contributed by atoms with Gasteiger partial charge in [0.2, 0.25) is 0 Å². The number of hydrogen-bond acceptors (Lipinski definition) is 1. The molecule has 1 aliphatic rings. The van der Waals surface area contributed by atoms with Crippen LogP contribution in [0.5, 0.6) is 0 Å². The average Bonchev–Trinajstić information content (AvgIpc) is 2.27. The lowest BCUT2D eigenvalue weighted by molar-refractivity contribution is -0.881. The van der Waals surface area contributed by atoms with Crippen LogP contribution in [-0.2, 0) is 0 Å². The highest BCUT2D eigenvalue weighted by Gasteiger charge is 2.47. The normalized spacial score (nSPS) is 31.5. The smallest absolute Gasteiger partial charge is 0.140 e. The molecule has 1 aliphatic heterocycles. The van der Waals surface area contributed by atoms with Crippen molar-refractivity contribution >= 4 is 0 Å². The highest BCUT2D eigenvalue weighted by molar-refractivity contribution is 5.07. The lowest BCUT2D eigenvalue weighted by Gasteiger charge is -2.34. The summed E-state index contributed by atoms with van der Waals surface area (Å²) in [6.45, 7) is 13.4. The third-order valence-electron chi connectivity index (χ3n) is 3.43. The molecule has 0 amide bonds. The lowest BCUT2D eigenvalue weighted by Crippen LogP contribution is -3.00. The second-order valence-corrected chi connectivity index (χ2v) is 3.97. The summed E-state index contributed by atoms with van der Waals surface area (Å²) >= 11 is 0. The minimum atomic E-state index is -0.633. The van der Waals surface area contributed by atoms with E-state index in [0.717, 1.165) is 36.2 Å². The molecule has 0 aromatic carbocycles.